The van der Waals surface area contributed by atoms with E-state index < -0.39 is 0 Å². The summed E-state index contributed by atoms with van der Waals surface area (Å²) in [7, 11) is 0. The molecular formula is C22H22FN9O. The van der Waals surface area contributed by atoms with Gasteiger partial charge in [0.2, 0.25) is 23.6 Å². The Balaban J connectivity index is 1.19. The first-order chi connectivity index (χ1) is 16.1. The van der Waals surface area contributed by atoms with Crippen molar-refractivity contribution >= 4 is 17.6 Å². The second-order valence-electron chi connectivity index (χ2n) is 7.79. The van der Waals surface area contributed by atoms with Gasteiger partial charge in [-0.1, -0.05) is 11.2 Å². The Kier molecular flexibility index (Phi) is 5.85. The number of likely N-dealkylation sites (tertiary alicyclic amines) is 1. The van der Waals surface area contributed by atoms with Gasteiger partial charge in [-0.2, -0.15) is 19.9 Å². The van der Waals surface area contributed by atoms with Gasteiger partial charge in [0.25, 0.3) is 0 Å². The number of hydrogen-bond acceptors (Lipinski definition) is 10. The Hall–Kier alpha value is -3.99. The molecule has 11 heteroatoms. The predicted octanol–water partition coefficient (Wildman–Crippen LogP) is 3.16. The summed E-state index contributed by atoms with van der Waals surface area (Å²) in [6.07, 6.45) is 3.47. The van der Waals surface area contributed by atoms with Crippen molar-refractivity contribution in [3.05, 3.63) is 66.2 Å². The smallest absolute Gasteiger partial charge is 0.232 e. The molecule has 1 aliphatic heterocycles. The number of benzene rings is 1. The number of nitrogens with zero attached hydrogens (tertiary/aromatic N) is 7. The Morgan fingerprint density at radius 1 is 1.03 bits per heavy atom. The molecule has 33 heavy (non-hydrogen) atoms. The zero-order chi connectivity index (χ0) is 22.6. The van der Waals surface area contributed by atoms with Crippen LogP contribution in [0.15, 0.2) is 53.2 Å². The highest BCUT2D eigenvalue weighted by Gasteiger charge is 2.26. The lowest BCUT2D eigenvalue weighted by atomic mass is 9.97. The highest BCUT2D eigenvalue weighted by Crippen LogP contribution is 2.28. The molecule has 1 fully saturated rings. The van der Waals surface area contributed by atoms with E-state index in [4.69, 9.17) is 10.3 Å². The molecule has 0 unspecified atom stereocenters. The Bertz CT molecular complexity index is 1210. The van der Waals surface area contributed by atoms with Gasteiger partial charge in [-0.25, -0.2) is 4.39 Å². The van der Waals surface area contributed by atoms with Crippen molar-refractivity contribution in [2.75, 3.05) is 24.1 Å². The maximum Gasteiger partial charge on any atom is 0.232 e. The van der Waals surface area contributed by atoms with Gasteiger partial charge in [-0.3, -0.25) is 9.88 Å². The molecule has 1 saturated heterocycles. The third kappa shape index (κ3) is 5.09. The van der Waals surface area contributed by atoms with E-state index in [9.17, 15) is 4.39 Å². The number of nitrogen functional groups attached to an aromatic ring is 1. The lowest BCUT2D eigenvalue weighted by Crippen LogP contribution is -2.33. The summed E-state index contributed by atoms with van der Waals surface area (Å²) in [6, 6.07) is 11.5. The number of pyridine rings is 1. The van der Waals surface area contributed by atoms with E-state index in [-0.39, 0.29) is 17.7 Å². The summed E-state index contributed by atoms with van der Waals surface area (Å²) < 4.78 is 18.6. The monoisotopic (exact) mass is 447 g/mol. The zero-order valence-electron chi connectivity index (χ0n) is 17.7. The first-order valence-electron chi connectivity index (χ1n) is 10.6. The number of hydrogen-bond donors (Lipinski definition) is 2. The third-order valence-electron chi connectivity index (χ3n) is 5.44. The molecule has 4 aromatic rings. The molecule has 0 radical (unpaired) electrons. The van der Waals surface area contributed by atoms with E-state index in [2.05, 4.69) is 40.3 Å². The van der Waals surface area contributed by atoms with Gasteiger partial charge in [0.05, 0.1) is 6.54 Å². The number of anilines is 3. The van der Waals surface area contributed by atoms with Crippen molar-refractivity contribution < 1.29 is 8.91 Å². The maximum atomic E-state index is 13.1. The third-order valence-corrected chi connectivity index (χ3v) is 5.44. The summed E-state index contributed by atoms with van der Waals surface area (Å²) in [6.45, 7) is 2.21. The van der Waals surface area contributed by atoms with Gasteiger partial charge >= 0.3 is 0 Å². The van der Waals surface area contributed by atoms with Crippen molar-refractivity contribution in [3.63, 3.8) is 0 Å². The fourth-order valence-electron chi connectivity index (χ4n) is 3.77. The van der Waals surface area contributed by atoms with Crippen LogP contribution in [0, 0.1) is 5.82 Å². The fraction of sp³-hybridized carbons (Fsp3) is 0.273. The van der Waals surface area contributed by atoms with Gasteiger partial charge < -0.3 is 15.6 Å². The molecule has 0 bridgehead atoms. The highest BCUT2D eigenvalue weighted by molar-refractivity contribution is 5.53. The number of piperidine rings is 1. The largest absolute Gasteiger partial charge is 0.368 e. The summed E-state index contributed by atoms with van der Waals surface area (Å²) in [5.74, 6) is 2.07. The van der Waals surface area contributed by atoms with Crippen molar-refractivity contribution in [1.82, 2.24) is 35.0 Å². The average Bonchev–Trinajstić information content (AvgIpc) is 3.32. The Morgan fingerprint density at radius 2 is 1.85 bits per heavy atom. The van der Waals surface area contributed by atoms with Crippen LogP contribution in [0.3, 0.4) is 0 Å². The van der Waals surface area contributed by atoms with Gasteiger partial charge in [0.1, 0.15) is 17.3 Å². The van der Waals surface area contributed by atoms with Crippen LogP contribution in [-0.2, 0) is 6.54 Å². The SMILES string of the molecule is Nc1nc(CN2CCC(c3nc(-c4ccccn4)no3)CC2)nc(Nc2ccc(F)cc2)n1. The first kappa shape index (κ1) is 20.9. The molecule has 0 atom stereocenters. The van der Waals surface area contributed by atoms with E-state index >= 15 is 0 Å². The standard InChI is InChI=1S/C22H22FN9O/c23-15-4-6-16(7-5-15)26-22-28-18(27-21(24)30-22)13-32-11-8-14(9-12-32)20-29-19(31-33-20)17-3-1-2-10-25-17/h1-7,10,14H,8-9,11-13H2,(H3,24,26,27,28,30). The fourth-order valence-corrected chi connectivity index (χ4v) is 3.77. The van der Waals surface area contributed by atoms with Crippen molar-refractivity contribution in [1.29, 1.82) is 0 Å². The predicted molar refractivity (Wildman–Crippen MR) is 119 cm³/mol. The van der Waals surface area contributed by atoms with Crippen LogP contribution < -0.4 is 11.1 Å². The first-order valence-corrected chi connectivity index (χ1v) is 10.6. The minimum Gasteiger partial charge on any atom is -0.368 e. The molecule has 168 valence electrons. The molecule has 0 spiro atoms. The Morgan fingerprint density at radius 3 is 2.61 bits per heavy atom. The van der Waals surface area contributed by atoms with Crippen LogP contribution in [0.2, 0.25) is 0 Å². The second kappa shape index (κ2) is 9.25. The zero-order valence-corrected chi connectivity index (χ0v) is 17.7. The summed E-state index contributed by atoms with van der Waals surface area (Å²) in [5, 5.41) is 7.11. The second-order valence-corrected chi connectivity index (χ2v) is 7.79. The molecule has 4 heterocycles. The lowest BCUT2D eigenvalue weighted by molar-refractivity contribution is 0.184. The van der Waals surface area contributed by atoms with Crippen LogP contribution in [0.25, 0.3) is 11.5 Å². The number of nitrogens with one attached hydrogen (secondary N) is 1. The molecule has 3 aromatic heterocycles. The molecule has 1 aliphatic rings. The summed E-state index contributed by atoms with van der Waals surface area (Å²) in [5.41, 5.74) is 7.24. The van der Waals surface area contributed by atoms with E-state index in [1.165, 1.54) is 12.1 Å². The van der Waals surface area contributed by atoms with Crippen LogP contribution >= 0.6 is 0 Å². The number of aromatic nitrogens is 6. The Labute approximate surface area is 189 Å². The van der Waals surface area contributed by atoms with Gasteiger partial charge in [-0.15, -0.1) is 0 Å². The average molecular weight is 447 g/mol. The minimum absolute atomic E-state index is 0.132. The maximum absolute atomic E-state index is 13.1. The van der Waals surface area contributed by atoms with E-state index in [0.717, 1.165) is 25.9 Å². The quantitative estimate of drug-likeness (QED) is 0.454. The van der Waals surface area contributed by atoms with Gasteiger partial charge in [-0.05, 0) is 62.3 Å². The molecule has 10 nitrogen and oxygen atoms in total. The van der Waals surface area contributed by atoms with Crippen molar-refractivity contribution in [3.8, 4) is 11.5 Å². The number of halogens is 1. The summed E-state index contributed by atoms with van der Waals surface area (Å²) in [4.78, 5) is 23.9. The molecule has 0 amide bonds. The normalized spacial score (nSPS) is 14.9. The molecule has 0 aliphatic carbocycles. The number of nitrogens with two attached hydrogens (primary N) is 1. The van der Waals surface area contributed by atoms with E-state index in [0.29, 0.717) is 41.4 Å². The van der Waals surface area contributed by atoms with Gasteiger partial charge in [0, 0.05) is 17.8 Å². The van der Waals surface area contributed by atoms with E-state index in [1.54, 1.807) is 18.3 Å². The van der Waals surface area contributed by atoms with Crippen LogP contribution in [0.5, 0.6) is 0 Å². The van der Waals surface area contributed by atoms with Gasteiger partial charge in [0.15, 0.2) is 0 Å². The molecule has 0 saturated carbocycles. The molecule has 3 N–H and O–H groups in total. The lowest BCUT2D eigenvalue weighted by Gasteiger charge is -2.29. The van der Waals surface area contributed by atoms with Crippen LogP contribution in [-0.4, -0.2) is 48.1 Å². The van der Waals surface area contributed by atoms with Crippen LogP contribution in [0.4, 0.5) is 22.0 Å². The molecule has 5 rings (SSSR count). The summed E-state index contributed by atoms with van der Waals surface area (Å²) >= 11 is 0. The molecular weight excluding hydrogens is 425 g/mol. The molecule has 1 aromatic carbocycles. The van der Waals surface area contributed by atoms with Crippen molar-refractivity contribution in [2.24, 2.45) is 0 Å². The van der Waals surface area contributed by atoms with E-state index in [1.807, 2.05) is 18.2 Å². The topological polar surface area (TPSA) is 132 Å². The van der Waals surface area contributed by atoms with Crippen molar-refractivity contribution in [2.45, 2.75) is 25.3 Å². The highest BCUT2D eigenvalue weighted by atomic mass is 19.1. The minimum atomic E-state index is -0.312. The van der Waals surface area contributed by atoms with Crippen LogP contribution in [0.1, 0.15) is 30.5 Å². The number of rotatable bonds is 6.